The lowest BCUT2D eigenvalue weighted by Gasteiger charge is -2.36. The lowest BCUT2D eigenvalue weighted by atomic mass is 9.77. The number of benzene rings is 6. The molecule has 9 aromatic rings. The van der Waals surface area contributed by atoms with Gasteiger partial charge < -0.3 is 9.13 Å². The van der Waals surface area contributed by atoms with Crippen molar-refractivity contribution in [2.24, 2.45) is 0 Å². The maximum atomic E-state index is 14.3. The molecule has 0 amide bonds. The number of rotatable bonds is 10. The van der Waals surface area contributed by atoms with E-state index >= 15 is 0 Å². The Labute approximate surface area is 355 Å². The van der Waals surface area contributed by atoms with Crippen LogP contribution in [0, 0.1) is 0 Å². The third kappa shape index (κ3) is 6.43. The van der Waals surface area contributed by atoms with Crippen molar-refractivity contribution in [3.05, 3.63) is 225 Å². The molecule has 3 heterocycles. The fourth-order valence-corrected chi connectivity index (χ4v) is 9.47. The second kappa shape index (κ2) is 15.6. The van der Waals surface area contributed by atoms with E-state index in [4.69, 9.17) is 15.3 Å². The molecule has 10 rings (SSSR count). The van der Waals surface area contributed by atoms with Gasteiger partial charge in [0.2, 0.25) is 0 Å². The maximum absolute atomic E-state index is 14.3. The standard InChI is InChI=1S/C51H40F3N7O/c1-2-46-55-44-30-31-59(33-36-16-12-15-25-43(36)51(52,53)54)49(62)47(44)60(46)45-29-27-35-32-34(26-28-41(35)45)40-23-13-14-24-42(40)48-56-57-58-61(48)50(37-17-6-3-7-18-37,38-19-8-4-9-20-38)39-21-10-5-11-22-39/h3-26,28,30-32,45H,2,27,29,33H2,1H3/t45-/m0/s1. The smallest absolute Gasteiger partial charge is 0.316 e. The summed E-state index contributed by atoms with van der Waals surface area (Å²) in [4.78, 5) is 19.1. The van der Waals surface area contributed by atoms with Gasteiger partial charge in [0.05, 0.1) is 23.7 Å². The number of imidazole rings is 1. The van der Waals surface area contributed by atoms with Gasteiger partial charge in [0.1, 0.15) is 16.9 Å². The van der Waals surface area contributed by atoms with Gasteiger partial charge in [-0.3, -0.25) is 4.79 Å². The highest BCUT2D eigenvalue weighted by molar-refractivity contribution is 5.82. The average Bonchev–Trinajstić information content (AvgIpc) is 4.06. The molecule has 62 heavy (non-hydrogen) atoms. The first-order valence-corrected chi connectivity index (χ1v) is 20.7. The Hall–Kier alpha value is -7.40. The number of nitrogens with zero attached hydrogens (tertiary/aromatic N) is 7. The van der Waals surface area contributed by atoms with Gasteiger partial charge in [-0.2, -0.15) is 13.2 Å². The van der Waals surface area contributed by atoms with E-state index in [1.54, 1.807) is 18.3 Å². The van der Waals surface area contributed by atoms with Crippen molar-refractivity contribution in [2.75, 3.05) is 0 Å². The maximum Gasteiger partial charge on any atom is 0.416 e. The highest BCUT2D eigenvalue weighted by Crippen LogP contribution is 2.45. The van der Waals surface area contributed by atoms with Crippen LogP contribution in [0.5, 0.6) is 0 Å². The first-order valence-electron chi connectivity index (χ1n) is 20.7. The van der Waals surface area contributed by atoms with Crippen LogP contribution in [0.4, 0.5) is 13.2 Å². The number of tetrazole rings is 1. The molecule has 0 spiro atoms. The van der Waals surface area contributed by atoms with Gasteiger partial charge in [0, 0.05) is 18.2 Å². The third-order valence-electron chi connectivity index (χ3n) is 12.2. The van der Waals surface area contributed by atoms with Crippen molar-refractivity contribution in [3.63, 3.8) is 0 Å². The number of fused-ring (bicyclic) bond motifs is 2. The molecule has 0 saturated heterocycles. The van der Waals surface area contributed by atoms with Crippen LogP contribution >= 0.6 is 0 Å². The van der Waals surface area contributed by atoms with Gasteiger partial charge >= 0.3 is 6.18 Å². The van der Waals surface area contributed by atoms with Crippen molar-refractivity contribution in [3.8, 4) is 22.5 Å². The van der Waals surface area contributed by atoms with E-state index in [2.05, 4.69) is 71.9 Å². The topological polar surface area (TPSA) is 83.4 Å². The summed E-state index contributed by atoms with van der Waals surface area (Å²) in [5, 5.41) is 13.9. The molecule has 306 valence electrons. The van der Waals surface area contributed by atoms with Gasteiger partial charge in [-0.05, 0) is 79.9 Å². The number of pyridine rings is 1. The van der Waals surface area contributed by atoms with Gasteiger partial charge in [-0.25, -0.2) is 9.67 Å². The summed E-state index contributed by atoms with van der Waals surface area (Å²) in [6.07, 6.45) is -0.930. The first-order chi connectivity index (χ1) is 30.3. The van der Waals surface area contributed by atoms with E-state index in [-0.39, 0.29) is 23.7 Å². The zero-order chi connectivity index (χ0) is 42.4. The molecule has 11 heteroatoms. The SMILES string of the molecule is CCc1nc2ccn(Cc3ccccc3C(F)(F)F)c(=O)c2n1[C@H]1CCc2cc(-c3ccccc3-c3nnnn3C(c3ccccc3)(c3ccccc3)c3ccccc3)ccc21. The molecule has 3 aromatic heterocycles. The van der Waals surface area contributed by atoms with Crippen molar-refractivity contribution in [1.29, 1.82) is 0 Å². The normalized spacial score (nSPS) is 14.0. The molecule has 0 bridgehead atoms. The number of hydrogen-bond donors (Lipinski definition) is 0. The molecule has 0 radical (unpaired) electrons. The second-order valence-electron chi connectivity index (χ2n) is 15.6. The van der Waals surface area contributed by atoms with E-state index in [9.17, 15) is 18.0 Å². The Balaban J connectivity index is 1.07. The Kier molecular flexibility index (Phi) is 9.74. The van der Waals surface area contributed by atoms with Crippen LogP contribution in [0.3, 0.4) is 0 Å². The van der Waals surface area contributed by atoms with Crippen LogP contribution in [0.15, 0.2) is 175 Å². The minimum Gasteiger partial charge on any atom is -0.316 e. The summed E-state index contributed by atoms with van der Waals surface area (Å²) in [5.74, 6) is 1.35. The number of aryl methyl sites for hydroxylation is 2. The largest absolute Gasteiger partial charge is 0.416 e. The Morgan fingerprint density at radius 2 is 1.32 bits per heavy atom. The van der Waals surface area contributed by atoms with Gasteiger partial charge in [-0.1, -0.05) is 159 Å². The summed E-state index contributed by atoms with van der Waals surface area (Å²) < 4.78 is 47.1. The van der Waals surface area contributed by atoms with E-state index in [0.29, 0.717) is 23.3 Å². The summed E-state index contributed by atoms with van der Waals surface area (Å²) in [6.45, 7) is 1.79. The molecule has 0 fully saturated rings. The first kappa shape index (κ1) is 38.8. The van der Waals surface area contributed by atoms with E-state index in [0.717, 1.165) is 69.2 Å². The van der Waals surface area contributed by atoms with Crippen LogP contribution < -0.4 is 5.56 Å². The summed E-state index contributed by atoms with van der Waals surface area (Å²) in [7, 11) is 0. The molecule has 1 atom stereocenters. The molecule has 1 aliphatic rings. The Bertz CT molecular complexity index is 3020. The third-order valence-corrected chi connectivity index (χ3v) is 12.2. The Morgan fingerprint density at radius 3 is 1.97 bits per heavy atom. The van der Waals surface area contributed by atoms with E-state index < -0.39 is 17.3 Å². The molecule has 0 saturated carbocycles. The monoisotopic (exact) mass is 823 g/mol. The molecular weight excluding hydrogens is 784 g/mol. The van der Waals surface area contributed by atoms with Crippen molar-refractivity contribution in [2.45, 2.75) is 50.5 Å². The van der Waals surface area contributed by atoms with E-state index in [1.165, 1.54) is 16.7 Å². The van der Waals surface area contributed by atoms with Crippen LogP contribution in [0.25, 0.3) is 33.5 Å². The highest BCUT2D eigenvalue weighted by Gasteiger charge is 2.42. The van der Waals surface area contributed by atoms with Crippen LogP contribution in [0.1, 0.15) is 64.2 Å². The summed E-state index contributed by atoms with van der Waals surface area (Å²) in [5.41, 5.74) is 6.96. The zero-order valence-electron chi connectivity index (χ0n) is 33.7. The van der Waals surface area contributed by atoms with Gasteiger partial charge in [0.25, 0.3) is 5.56 Å². The van der Waals surface area contributed by atoms with Crippen LogP contribution in [-0.4, -0.2) is 34.3 Å². The lowest BCUT2D eigenvalue weighted by Crippen LogP contribution is -2.39. The Morgan fingerprint density at radius 1 is 0.710 bits per heavy atom. The fourth-order valence-electron chi connectivity index (χ4n) is 9.47. The minimum absolute atomic E-state index is 0.0298. The van der Waals surface area contributed by atoms with Gasteiger partial charge in [0.15, 0.2) is 5.82 Å². The average molecular weight is 824 g/mol. The zero-order valence-corrected chi connectivity index (χ0v) is 33.7. The highest BCUT2D eigenvalue weighted by atomic mass is 19.4. The quantitative estimate of drug-likeness (QED) is 0.128. The molecule has 0 aliphatic heterocycles. The predicted molar refractivity (Wildman–Crippen MR) is 234 cm³/mol. The van der Waals surface area contributed by atoms with Crippen molar-refractivity contribution >= 4 is 11.0 Å². The number of alkyl halides is 3. The second-order valence-corrected chi connectivity index (χ2v) is 15.6. The molecule has 8 nitrogen and oxygen atoms in total. The number of hydrogen-bond acceptors (Lipinski definition) is 5. The number of aromatic nitrogens is 7. The minimum atomic E-state index is -4.54. The van der Waals surface area contributed by atoms with Crippen molar-refractivity contribution in [1.82, 2.24) is 34.3 Å². The predicted octanol–water partition coefficient (Wildman–Crippen LogP) is 10.5. The molecule has 0 unspecified atom stereocenters. The van der Waals surface area contributed by atoms with Crippen LogP contribution in [0.2, 0.25) is 0 Å². The summed E-state index contributed by atoms with van der Waals surface area (Å²) in [6, 6.07) is 52.5. The molecule has 6 aromatic carbocycles. The molecule has 0 N–H and O–H groups in total. The lowest BCUT2D eigenvalue weighted by molar-refractivity contribution is -0.138. The number of halogens is 3. The molecular formula is C51H40F3N7O. The van der Waals surface area contributed by atoms with Crippen molar-refractivity contribution < 1.29 is 13.2 Å². The van der Waals surface area contributed by atoms with Crippen LogP contribution in [-0.2, 0) is 31.1 Å². The van der Waals surface area contributed by atoms with Gasteiger partial charge in [-0.15, -0.1) is 5.10 Å². The summed E-state index contributed by atoms with van der Waals surface area (Å²) >= 11 is 0. The molecule has 1 aliphatic carbocycles. The van der Waals surface area contributed by atoms with E-state index in [1.807, 2.05) is 82.9 Å². The fraction of sp³-hybridized carbons (Fsp3) is 0.157.